The van der Waals surface area contributed by atoms with Gasteiger partial charge in [-0.2, -0.15) is 0 Å². The first-order valence-corrected chi connectivity index (χ1v) is 6.98. The standard InChI is InChI=1S/C14H10Cl2O2S/c1-18-14(17)12-7-6-11(8-13(12)16)19-10-4-2-9(15)3-5-10/h2-8H,1H3. The van der Waals surface area contributed by atoms with E-state index in [0.717, 1.165) is 9.79 Å². The van der Waals surface area contributed by atoms with Crippen LogP contribution >= 0.6 is 35.0 Å². The number of hydrogen-bond acceptors (Lipinski definition) is 3. The van der Waals surface area contributed by atoms with E-state index in [4.69, 9.17) is 23.2 Å². The lowest BCUT2D eigenvalue weighted by Gasteiger charge is -2.05. The summed E-state index contributed by atoms with van der Waals surface area (Å²) in [7, 11) is 1.33. The summed E-state index contributed by atoms with van der Waals surface area (Å²) >= 11 is 13.4. The maximum Gasteiger partial charge on any atom is 0.339 e. The maximum absolute atomic E-state index is 11.4. The first-order chi connectivity index (χ1) is 9.10. The van der Waals surface area contributed by atoms with Crippen molar-refractivity contribution in [2.24, 2.45) is 0 Å². The number of halogens is 2. The molecule has 0 unspecified atom stereocenters. The Labute approximate surface area is 125 Å². The first-order valence-electron chi connectivity index (χ1n) is 5.41. The van der Waals surface area contributed by atoms with Crippen molar-refractivity contribution in [1.29, 1.82) is 0 Å². The van der Waals surface area contributed by atoms with Crippen molar-refractivity contribution in [1.82, 2.24) is 0 Å². The highest BCUT2D eigenvalue weighted by Crippen LogP contribution is 2.31. The van der Waals surface area contributed by atoms with E-state index < -0.39 is 5.97 Å². The van der Waals surface area contributed by atoms with E-state index in [0.29, 0.717) is 15.6 Å². The number of esters is 1. The summed E-state index contributed by atoms with van der Waals surface area (Å²) in [5.41, 5.74) is 0.365. The third kappa shape index (κ3) is 3.66. The monoisotopic (exact) mass is 312 g/mol. The second kappa shape index (κ2) is 6.33. The largest absolute Gasteiger partial charge is 0.465 e. The van der Waals surface area contributed by atoms with E-state index in [9.17, 15) is 4.79 Å². The third-order valence-corrected chi connectivity index (χ3v) is 3.96. The molecule has 0 heterocycles. The van der Waals surface area contributed by atoms with E-state index in [1.54, 1.807) is 23.9 Å². The molecule has 0 fully saturated rings. The molecule has 2 rings (SSSR count). The molecule has 5 heteroatoms. The molecule has 0 aromatic heterocycles. The lowest BCUT2D eigenvalue weighted by atomic mass is 10.2. The highest BCUT2D eigenvalue weighted by atomic mass is 35.5. The van der Waals surface area contributed by atoms with Gasteiger partial charge in [0.1, 0.15) is 0 Å². The molecule has 0 amide bonds. The number of carbonyl (C=O) groups excluding carboxylic acids is 1. The Balaban J connectivity index is 2.20. The van der Waals surface area contributed by atoms with Gasteiger partial charge in [0.05, 0.1) is 17.7 Å². The molecule has 98 valence electrons. The third-order valence-electron chi connectivity index (χ3n) is 2.40. The van der Waals surface area contributed by atoms with Crippen LogP contribution in [0.1, 0.15) is 10.4 Å². The summed E-state index contributed by atoms with van der Waals surface area (Å²) in [5.74, 6) is -0.437. The van der Waals surface area contributed by atoms with Gasteiger partial charge in [-0.3, -0.25) is 0 Å². The Kier molecular flexibility index (Phi) is 4.75. The van der Waals surface area contributed by atoms with Gasteiger partial charge >= 0.3 is 5.97 Å². The van der Waals surface area contributed by atoms with Gasteiger partial charge in [0.25, 0.3) is 0 Å². The summed E-state index contributed by atoms with van der Waals surface area (Å²) in [6.07, 6.45) is 0. The number of hydrogen-bond donors (Lipinski definition) is 0. The lowest BCUT2D eigenvalue weighted by molar-refractivity contribution is 0.0601. The van der Waals surface area contributed by atoms with Gasteiger partial charge in [-0.05, 0) is 42.5 Å². The van der Waals surface area contributed by atoms with Gasteiger partial charge < -0.3 is 4.74 Å². The topological polar surface area (TPSA) is 26.3 Å². The minimum Gasteiger partial charge on any atom is -0.465 e. The Morgan fingerprint density at radius 1 is 1.05 bits per heavy atom. The van der Waals surface area contributed by atoms with Crippen LogP contribution in [0.2, 0.25) is 10.0 Å². The van der Waals surface area contributed by atoms with Crippen molar-refractivity contribution < 1.29 is 9.53 Å². The highest BCUT2D eigenvalue weighted by molar-refractivity contribution is 7.99. The normalized spacial score (nSPS) is 10.3. The first kappa shape index (κ1) is 14.3. The van der Waals surface area contributed by atoms with E-state index in [-0.39, 0.29) is 0 Å². The average Bonchev–Trinajstić information content (AvgIpc) is 2.41. The summed E-state index contributed by atoms with van der Waals surface area (Å²) in [5, 5.41) is 1.08. The van der Waals surface area contributed by atoms with Crippen LogP contribution in [0.25, 0.3) is 0 Å². The van der Waals surface area contributed by atoms with Crippen LogP contribution in [0.5, 0.6) is 0 Å². The number of rotatable bonds is 3. The van der Waals surface area contributed by atoms with Gasteiger partial charge in [-0.1, -0.05) is 35.0 Å². The maximum atomic E-state index is 11.4. The van der Waals surface area contributed by atoms with Crippen molar-refractivity contribution >= 4 is 40.9 Å². The van der Waals surface area contributed by atoms with Gasteiger partial charge in [0.15, 0.2) is 0 Å². The fourth-order valence-corrected chi connectivity index (χ4v) is 2.78. The molecule has 0 bridgehead atoms. The number of benzene rings is 2. The quantitative estimate of drug-likeness (QED) is 0.751. The Morgan fingerprint density at radius 2 is 1.68 bits per heavy atom. The van der Waals surface area contributed by atoms with E-state index in [1.807, 2.05) is 30.3 Å². The van der Waals surface area contributed by atoms with Crippen LogP contribution in [0.4, 0.5) is 0 Å². The molecule has 0 aliphatic carbocycles. The zero-order valence-corrected chi connectivity index (χ0v) is 12.4. The number of carbonyl (C=O) groups is 1. The molecule has 0 aliphatic heterocycles. The van der Waals surface area contributed by atoms with Crippen molar-refractivity contribution in [3.05, 3.63) is 58.1 Å². The molecule has 0 saturated carbocycles. The molecule has 0 atom stereocenters. The fourth-order valence-electron chi connectivity index (χ4n) is 1.47. The predicted octanol–water partition coefficient (Wildman–Crippen LogP) is 4.93. The van der Waals surface area contributed by atoms with Crippen LogP contribution in [0, 0.1) is 0 Å². The second-order valence-electron chi connectivity index (χ2n) is 3.69. The second-order valence-corrected chi connectivity index (χ2v) is 5.68. The van der Waals surface area contributed by atoms with E-state index in [2.05, 4.69) is 4.74 Å². The fraction of sp³-hybridized carbons (Fsp3) is 0.0714. The van der Waals surface area contributed by atoms with Gasteiger partial charge in [0, 0.05) is 14.8 Å². The van der Waals surface area contributed by atoms with Crippen molar-refractivity contribution in [2.75, 3.05) is 7.11 Å². The SMILES string of the molecule is COC(=O)c1ccc(Sc2ccc(Cl)cc2)cc1Cl. The summed E-state index contributed by atoms with van der Waals surface area (Å²) in [6.45, 7) is 0. The minimum atomic E-state index is -0.437. The summed E-state index contributed by atoms with van der Waals surface area (Å²) in [6, 6.07) is 12.7. The van der Waals surface area contributed by atoms with Crippen LogP contribution in [-0.4, -0.2) is 13.1 Å². The van der Waals surface area contributed by atoms with Crippen LogP contribution in [-0.2, 0) is 4.74 Å². The summed E-state index contributed by atoms with van der Waals surface area (Å²) < 4.78 is 4.64. The number of ether oxygens (including phenoxy) is 1. The molecule has 2 aromatic rings. The van der Waals surface area contributed by atoms with Gasteiger partial charge in [0.2, 0.25) is 0 Å². The summed E-state index contributed by atoms with van der Waals surface area (Å²) in [4.78, 5) is 13.4. The zero-order valence-electron chi connectivity index (χ0n) is 10.0. The average molecular weight is 313 g/mol. The van der Waals surface area contributed by atoms with E-state index in [1.165, 1.54) is 7.11 Å². The Hall–Kier alpha value is -1.16. The van der Waals surface area contributed by atoms with E-state index >= 15 is 0 Å². The molecule has 2 nitrogen and oxygen atoms in total. The predicted molar refractivity (Wildman–Crippen MR) is 78.4 cm³/mol. The Bertz CT molecular complexity index is 597. The molecule has 0 N–H and O–H groups in total. The molecular weight excluding hydrogens is 303 g/mol. The number of methoxy groups -OCH3 is 1. The zero-order chi connectivity index (χ0) is 13.8. The van der Waals surface area contributed by atoms with Gasteiger partial charge in [-0.25, -0.2) is 4.79 Å². The van der Waals surface area contributed by atoms with Gasteiger partial charge in [-0.15, -0.1) is 0 Å². The molecule has 0 aliphatic rings. The van der Waals surface area contributed by atoms with Crippen LogP contribution in [0.3, 0.4) is 0 Å². The van der Waals surface area contributed by atoms with Crippen molar-refractivity contribution in [2.45, 2.75) is 9.79 Å². The lowest BCUT2D eigenvalue weighted by Crippen LogP contribution is -2.01. The van der Waals surface area contributed by atoms with Crippen LogP contribution < -0.4 is 0 Å². The Morgan fingerprint density at radius 3 is 2.26 bits per heavy atom. The highest BCUT2D eigenvalue weighted by Gasteiger charge is 2.11. The molecule has 19 heavy (non-hydrogen) atoms. The molecule has 0 spiro atoms. The van der Waals surface area contributed by atoms with Crippen LogP contribution in [0.15, 0.2) is 52.3 Å². The molecule has 2 aromatic carbocycles. The molecule has 0 radical (unpaired) electrons. The smallest absolute Gasteiger partial charge is 0.339 e. The molecular formula is C14H10Cl2O2S. The minimum absolute atomic E-state index is 0.365. The van der Waals surface area contributed by atoms with Crippen molar-refractivity contribution in [3.63, 3.8) is 0 Å². The van der Waals surface area contributed by atoms with Crippen molar-refractivity contribution in [3.8, 4) is 0 Å². The molecule has 0 saturated heterocycles.